The molecule has 0 N–H and O–H groups in total. The Morgan fingerprint density at radius 2 is 1.59 bits per heavy atom. The first-order valence-corrected chi connectivity index (χ1v) is 10.6. The summed E-state index contributed by atoms with van der Waals surface area (Å²) in [7, 11) is 0. The third kappa shape index (κ3) is 4.23. The maximum Gasteiger partial charge on any atom is 0.269 e. The van der Waals surface area contributed by atoms with Crippen molar-refractivity contribution in [2.24, 2.45) is 0 Å². The van der Waals surface area contributed by atoms with Gasteiger partial charge in [-0.2, -0.15) is 0 Å². The average Bonchev–Trinajstić information content (AvgIpc) is 2.85. The summed E-state index contributed by atoms with van der Waals surface area (Å²) in [5, 5.41) is 11.1. The molecule has 0 aromatic heterocycles. The number of carbonyl (C=O) groups is 1. The molecule has 0 saturated carbocycles. The van der Waals surface area contributed by atoms with Crippen LogP contribution < -0.4 is 0 Å². The van der Waals surface area contributed by atoms with Gasteiger partial charge in [-0.15, -0.1) is 0 Å². The highest BCUT2D eigenvalue weighted by atomic mass is 16.6. The van der Waals surface area contributed by atoms with Gasteiger partial charge in [0.1, 0.15) is 17.8 Å². The molecule has 0 unspecified atom stereocenters. The summed E-state index contributed by atoms with van der Waals surface area (Å²) in [6.07, 6.45) is 3.56. The van der Waals surface area contributed by atoms with Gasteiger partial charge in [0.15, 0.2) is 0 Å². The van der Waals surface area contributed by atoms with E-state index < -0.39 is 4.92 Å². The van der Waals surface area contributed by atoms with Gasteiger partial charge in [-0.25, -0.2) is 0 Å². The van der Waals surface area contributed by atoms with Crippen LogP contribution in [0.3, 0.4) is 0 Å². The number of benzene rings is 3. The molecule has 160 valence electrons. The van der Waals surface area contributed by atoms with Gasteiger partial charge in [0.2, 0.25) is 0 Å². The maximum absolute atomic E-state index is 12.3. The van der Waals surface area contributed by atoms with Gasteiger partial charge in [0.05, 0.1) is 4.92 Å². The fourth-order valence-electron chi connectivity index (χ4n) is 4.11. The van der Waals surface area contributed by atoms with Crippen LogP contribution in [0.5, 0.6) is 0 Å². The maximum atomic E-state index is 12.3. The molecule has 0 amide bonds. The van der Waals surface area contributed by atoms with E-state index in [1.807, 2.05) is 66.7 Å². The number of allylic oxidation sites excluding steroid dienone is 3. The number of ether oxygens (including phenoxy) is 1. The first-order valence-electron chi connectivity index (χ1n) is 10.6. The van der Waals surface area contributed by atoms with Crippen LogP contribution in [0.4, 0.5) is 5.69 Å². The monoisotopic (exact) mass is 425 g/mol. The van der Waals surface area contributed by atoms with Crippen LogP contribution in [-0.4, -0.2) is 11.2 Å². The second-order valence-electron chi connectivity index (χ2n) is 7.63. The number of nitro benzene ring substituents is 1. The number of aldehydes is 1. The molecule has 0 fully saturated rings. The predicted molar refractivity (Wildman–Crippen MR) is 124 cm³/mol. The molecule has 32 heavy (non-hydrogen) atoms. The van der Waals surface area contributed by atoms with E-state index in [0.29, 0.717) is 17.1 Å². The predicted octanol–water partition coefficient (Wildman–Crippen LogP) is 6.40. The van der Waals surface area contributed by atoms with Crippen molar-refractivity contribution < 1.29 is 14.5 Å². The summed E-state index contributed by atoms with van der Waals surface area (Å²) in [4.78, 5) is 23.0. The fraction of sp³-hybridized carbons (Fsp3) is 0.148. The van der Waals surface area contributed by atoms with E-state index in [9.17, 15) is 14.9 Å². The largest absolute Gasteiger partial charge is 0.460 e. The molecule has 0 bridgehead atoms. The topological polar surface area (TPSA) is 69.4 Å². The highest BCUT2D eigenvalue weighted by Crippen LogP contribution is 2.43. The molecule has 0 spiro atoms. The number of rotatable bonds is 7. The van der Waals surface area contributed by atoms with E-state index in [1.54, 1.807) is 12.1 Å². The zero-order valence-electron chi connectivity index (χ0n) is 17.7. The van der Waals surface area contributed by atoms with Gasteiger partial charge < -0.3 is 4.74 Å². The van der Waals surface area contributed by atoms with Gasteiger partial charge in [-0.3, -0.25) is 14.9 Å². The highest BCUT2D eigenvalue weighted by molar-refractivity contribution is 5.82. The number of hydrogen-bond donors (Lipinski definition) is 0. The zero-order valence-corrected chi connectivity index (χ0v) is 17.7. The lowest BCUT2D eigenvalue weighted by atomic mass is 9.83. The first-order chi connectivity index (χ1) is 15.6. The minimum absolute atomic E-state index is 0.0184. The smallest absolute Gasteiger partial charge is 0.269 e. The molecule has 3 aromatic rings. The van der Waals surface area contributed by atoms with Gasteiger partial charge in [0, 0.05) is 35.1 Å². The van der Waals surface area contributed by atoms with E-state index in [-0.39, 0.29) is 17.5 Å². The Balaban J connectivity index is 1.84. The van der Waals surface area contributed by atoms with Crippen LogP contribution in [-0.2, 0) is 9.53 Å². The molecule has 0 radical (unpaired) electrons. The Morgan fingerprint density at radius 1 is 0.969 bits per heavy atom. The van der Waals surface area contributed by atoms with Gasteiger partial charge in [-0.1, -0.05) is 67.6 Å². The lowest BCUT2D eigenvalue weighted by Crippen LogP contribution is -2.17. The van der Waals surface area contributed by atoms with Crippen molar-refractivity contribution in [2.45, 2.75) is 25.2 Å². The van der Waals surface area contributed by atoms with E-state index in [2.05, 4.69) is 6.92 Å². The third-order valence-corrected chi connectivity index (χ3v) is 5.73. The Morgan fingerprint density at radius 3 is 2.16 bits per heavy atom. The van der Waals surface area contributed by atoms with E-state index in [1.165, 1.54) is 12.1 Å². The van der Waals surface area contributed by atoms with Crippen LogP contribution in [0, 0.1) is 10.1 Å². The number of hydrogen-bond acceptors (Lipinski definition) is 4. The molecule has 0 saturated heterocycles. The van der Waals surface area contributed by atoms with Crippen molar-refractivity contribution in [2.75, 3.05) is 0 Å². The minimum atomic E-state index is -0.426. The first kappa shape index (κ1) is 21.2. The zero-order chi connectivity index (χ0) is 22.5. The van der Waals surface area contributed by atoms with Crippen LogP contribution >= 0.6 is 0 Å². The summed E-state index contributed by atoms with van der Waals surface area (Å²) in [5.41, 5.74) is 3.39. The number of nitrogens with zero attached hydrogens (tertiary/aromatic N) is 1. The molecule has 1 aliphatic heterocycles. The summed E-state index contributed by atoms with van der Waals surface area (Å²) in [6, 6.07) is 26.1. The molecule has 0 aliphatic carbocycles. The van der Waals surface area contributed by atoms with Crippen molar-refractivity contribution in [3.63, 3.8) is 0 Å². The molecule has 2 atom stereocenters. The normalized spacial score (nSPS) is 16.7. The summed E-state index contributed by atoms with van der Waals surface area (Å²) in [6.45, 7) is 2.07. The Labute approximate surface area is 186 Å². The molecule has 1 aliphatic rings. The molecule has 4 rings (SSSR count). The minimum Gasteiger partial charge on any atom is -0.460 e. The van der Waals surface area contributed by atoms with Crippen LogP contribution in [0.15, 0.2) is 102 Å². The van der Waals surface area contributed by atoms with Crippen molar-refractivity contribution in [3.8, 4) is 0 Å². The van der Waals surface area contributed by atoms with Gasteiger partial charge in [0.25, 0.3) is 5.69 Å². The Bertz CT molecular complexity index is 1170. The summed E-state index contributed by atoms with van der Waals surface area (Å²) >= 11 is 0. The number of nitro groups is 1. The van der Waals surface area contributed by atoms with Crippen LogP contribution in [0.1, 0.15) is 41.9 Å². The third-order valence-electron chi connectivity index (χ3n) is 5.73. The van der Waals surface area contributed by atoms with Crippen LogP contribution in [0.25, 0.3) is 5.76 Å². The van der Waals surface area contributed by atoms with E-state index in [4.69, 9.17) is 4.74 Å². The number of carbonyl (C=O) groups excluding carboxylic acids is 1. The highest BCUT2D eigenvalue weighted by Gasteiger charge is 2.31. The van der Waals surface area contributed by atoms with Crippen molar-refractivity contribution >= 4 is 17.7 Å². The second kappa shape index (κ2) is 9.43. The van der Waals surface area contributed by atoms with Crippen molar-refractivity contribution in [3.05, 3.63) is 129 Å². The van der Waals surface area contributed by atoms with E-state index in [0.717, 1.165) is 29.4 Å². The molecular formula is C27H23NO4. The molecule has 1 heterocycles. The van der Waals surface area contributed by atoms with Crippen molar-refractivity contribution in [1.29, 1.82) is 0 Å². The average molecular weight is 425 g/mol. The standard InChI is InChI=1S/C27H23NO4/c1-2-23(19-9-5-3-6-10-19)27-25(18-29)24(20-11-7-4-8-12-20)17-26(32-27)21-13-15-22(16-14-21)28(30)31/h3-18,23-24H,2H2,1H3/t23-,24-/m1/s1. The van der Waals surface area contributed by atoms with Crippen molar-refractivity contribution in [1.82, 2.24) is 0 Å². The lowest BCUT2D eigenvalue weighted by molar-refractivity contribution is -0.384. The molecule has 5 nitrogen and oxygen atoms in total. The van der Waals surface area contributed by atoms with E-state index >= 15 is 0 Å². The molecule has 5 heteroatoms. The summed E-state index contributed by atoms with van der Waals surface area (Å²) < 4.78 is 6.38. The van der Waals surface area contributed by atoms with Gasteiger partial charge >= 0.3 is 0 Å². The fourth-order valence-corrected chi connectivity index (χ4v) is 4.11. The number of non-ortho nitro benzene ring substituents is 1. The summed E-state index contributed by atoms with van der Waals surface area (Å²) in [5.74, 6) is 0.840. The lowest BCUT2D eigenvalue weighted by Gasteiger charge is -2.30. The molecule has 3 aromatic carbocycles. The van der Waals surface area contributed by atoms with Crippen LogP contribution in [0.2, 0.25) is 0 Å². The second-order valence-corrected chi connectivity index (χ2v) is 7.63. The quantitative estimate of drug-likeness (QED) is 0.250. The van der Waals surface area contributed by atoms with Gasteiger partial charge in [-0.05, 0) is 35.8 Å². The Hall–Kier alpha value is -3.99. The Kier molecular flexibility index (Phi) is 6.26. The SMILES string of the molecule is CC[C@@H](C1=C(C=O)[C@@H](c2ccccc2)C=C(c2ccc([N+](=O)[O-])cc2)O1)c1ccccc1. The molecular weight excluding hydrogens is 402 g/mol.